The molecule has 1 N–H and O–H groups in total. The molecule has 4 rings (SSSR count). The predicted octanol–water partition coefficient (Wildman–Crippen LogP) is 7.52. The van der Waals surface area contributed by atoms with Crippen molar-refractivity contribution in [2.24, 2.45) is 35.5 Å². The molecule has 1 aliphatic carbocycles. The smallest absolute Gasteiger partial charge is 0.329 e. The second kappa shape index (κ2) is 30.9. The lowest BCUT2D eigenvalue weighted by Gasteiger charge is -2.43. The number of amides is 1. The van der Waals surface area contributed by atoms with E-state index in [0.29, 0.717) is 63.9 Å². The first-order valence-corrected chi connectivity index (χ1v) is 26.9. The molecule has 16 nitrogen and oxygen atoms in total. The summed E-state index contributed by atoms with van der Waals surface area (Å²) in [6.07, 6.45) is 13.7. The van der Waals surface area contributed by atoms with Gasteiger partial charge in [-0.2, -0.15) is 0 Å². The Morgan fingerprint density at radius 2 is 1.48 bits per heavy atom. The van der Waals surface area contributed by atoms with Gasteiger partial charge in [0, 0.05) is 72.7 Å². The van der Waals surface area contributed by atoms with E-state index in [1.54, 1.807) is 41.3 Å². The van der Waals surface area contributed by atoms with E-state index in [9.17, 15) is 29.1 Å². The maximum absolute atomic E-state index is 14.6. The van der Waals surface area contributed by atoms with Gasteiger partial charge >= 0.3 is 5.97 Å². The minimum absolute atomic E-state index is 0.0321. The van der Waals surface area contributed by atoms with Crippen LogP contribution in [-0.2, 0) is 66.6 Å². The number of Topliss-reactive ketones (excluding diaryl/α,β-unsaturated/α-hetero) is 3. The van der Waals surface area contributed by atoms with Crippen molar-refractivity contribution in [1.82, 2.24) is 4.90 Å². The van der Waals surface area contributed by atoms with Crippen LogP contribution >= 0.6 is 0 Å². The van der Waals surface area contributed by atoms with Crippen molar-refractivity contribution >= 4 is 29.2 Å². The second-order valence-electron chi connectivity index (χ2n) is 21.2. The van der Waals surface area contributed by atoms with E-state index < -0.39 is 71.8 Å². The van der Waals surface area contributed by atoms with Gasteiger partial charge < -0.3 is 52.6 Å². The molecule has 16 heteroatoms. The van der Waals surface area contributed by atoms with Crippen LogP contribution < -0.4 is 0 Å². The van der Waals surface area contributed by atoms with E-state index >= 15 is 0 Å². The number of ketones is 3. The zero-order valence-corrected chi connectivity index (χ0v) is 46.2. The molecular weight excluding hydrogens is 939 g/mol. The number of rotatable bonds is 14. The monoisotopic (exact) mass is 1030 g/mol. The number of carbonyl (C=O) groups excluding carboxylic acids is 5. The molecule has 4 aliphatic rings. The fraction of sp³-hybridized carbons (Fsp3) is 0.772. The molecule has 2 bridgehead atoms. The Labute approximate surface area is 436 Å². The number of aliphatic hydroxyl groups is 1. The Balaban J connectivity index is 1.73. The molecule has 3 fully saturated rings. The van der Waals surface area contributed by atoms with Crippen molar-refractivity contribution < 1.29 is 71.7 Å². The topological polar surface area (TPSA) is 192 Å². The summed E-state index contributed by atoms with van der Waals surface area (Å²) in [5.74, 6) is -7.43. The third kappa shape index (κ3) is 17.8. The van der Waals surface area contributed by atoms with Crippen LogP contribution in [0.25, 0.3) is 0 Å². The Hall–Kier alpha value is -3.45. The first-order chi connectivity index (χ1) is 34.8. The molecule has 0 unspecified atom stereocenters. The summed E-state index contributed by atoms with van der Waals surface area (Å²) in [7, 11) is 7.96. The Morgan fingerprint density at radius 3 is 2.16 bits per heavy atom. The molecule has 15 atom stereocenters. The SMILES string of the molecule is COCCOCCO[C@H]1C[C@@H]2CC[C@@H](C)[C@@](O)(O2)C(=O)C(=O)N2CCCC[C@H]2C(=O)O[C@H]([C@H](C)C[C@@H]2CC[C@@H](OC)[C@H](OC)C2)CC(=O)[C@H](C)/C=C(\C)[C@@H](OC)[C@@H](OC)C(=O)[C@H](C)C[C@H](C)/C=C/C=CC=C1C. The number of nitrogens with zero attached hydrogens (tertiary/aromatic N) is 1. The van der Waals surface area contributed by atoms with Gasteiger partial charge in [-0.25, -0.2) is 4.79 Å². The first-order valence-electron chi connectivity index (χ1n) is 26.9. The Kier molecular flexibility index (Phi) is 26.3. The predicted molar refractivity (Wildman–Crippen MR) is 276 cm³/mol. The minimum Gasteiger partial charge on any atom is -0.460 e. The zero-order valence-electron chi connectivity index (χ0n) is 46.2. The quantitative estimate of drug-likeness (QED) is 0.0777. The molecule has 73 heavy (non-hydrogen) atoms. The lowest BCUT2D eigenvalue weighted by molar-refractivity contribution is -0.266. The van der Waals surface area contributed by atoms with Gasteiger partial charge in [0.1, 0.15) is 30.1 Å². The lowest BCUT2D eigenvalue weighted by atomic mass is 9.78. The normalized spacial score (nSPS) is 36.2. The van der Waals surface area contributed by atoms with E-state index in [2.05, 4.69) is 0 Å². The highest BCUT2D eigenvalue weighted by atomic mass is 16.6. The van der Waals surface area contributed by atoms with E-state index in [0.717, 1.165) is 24.8 Å². The molecule has 414 valence electrons. The van der Waals surface area contributed by atoms with Gasteiger partial charge in [-0.05, 0) is 107 Å². The average molecular weight is 1030 g/mol. The highest BCUT2D eigenvalue weighted by Gasteiger charge is 2.53. The zero-order chi connectivity index (χ0) is 53.8. The van der Waals surface area contributed by atoms with E-state index in [1.165, 1.54) is 19.1 Å². The standard InChI is InChI=1S/C57H91NO15/c1-36-18-14-13-15-19-37(2)48(71-29-28-70-27-26-65-8)34-44-23-21-42(7)57(64,73-44)54(61)55(62)58-25-17-16-20-45(58)56(63)72-49(39(4)32-43-22-24-47(66-9)50(33-43)67-10)35-46(59)38(3)31-41(6)52(68-11)53(69-12)51(60)40(5)30-36/h13-15,18-19,31,36,38-40,42-45,47-50,52-53,64H,16-17,20-30,32-35H2,1-12H3/b15-13?,18-14+,37-19?,41-31+/t36-,38-,39-,40-,42-,43+,44+,45+,47-,48+,49+,50-,52-,53+,57-/m1/s1. The van der Waals surface area contributed by atoms with Crippen molar-refractivity contribution in [2.75, 3.05) is 68.5 Å². The summed E-state index contributed by atoms with van der Waals surface area (Å²) in [4.78, 5) is 73.1. The summed E-state index contributed by atoms with van der Waals surface area (Å²) < 4.78 is 53.0. The van der Waals surface area contributed by atoms with Gasteiger partial charge in [0.05, 0.1) is 50.8 Å². The maximum atomic E-state index is 14.6. The number of cyclic esters (lactones) is 1. The lowest BCUT2D eigenvalue weighted by Crippen LogP contribution is -2.61. The summed E-state index contributed by atoms with van der Waals surface area (Å²) in [6.45, 7) is 14.6. The molecule has 3 aliphatic heterocycles. The van der Waals surface area contributed by atoms with Crippen molar-refractivity contribution in [2.45, 2.75) is 180 Å². The van der Waals surface area contributed by atoms with Crippen LogP contribution in [0.4, 0.5) is 0 Å². The molecule has 0 aromatic carbocycles. The van der Waals surface area contributed by atoms with Gasteiger partial charge in [-0.1, -0.05) is 71.1 Å². The van der Waals surface area contributed by atoms with Crippen LogP contribution in [0.1, 0.15) is 126 Å². The number of ether oxygens (including phenoxy) is 9. The fourth-order valence-electron chi connectivity index (χ4n) is 11.1. The molecule has 3 heterocycles. The number of hydrogen-bond donors (Lipinski definition) is 1. The molecule has 1 saturated carbocycles. The van der Waals surface area contributed by atoms with Crippen LogP contribution in [0.5, 0.6) is 0 Å². The molecule has 0 spiro atoms. The maximum Gasteiger partial charge on any atom is 0.329 e. The number of allylic oxidation sites excluding steroid dienone is 6. The summed E-state index contributed by atoms with van der Waals surface area (Å²) in [6, 6.07) is -1.13. The third-order valence-electron chi connectivity index (χ3n) is 15.7. The molecule has 1 amide bonds. The van der Waals surface area contributed by atoms with Crippen LogP contribution in [0.15, 0.2) is 47.6 Å². The Bertz CT molecular complexity index is 1900. The molecular formula is C57H91NO15. The summed E-state index contributed by atoms with van der Waals surface area (Å²) >= 11 is 0. The van der Waals surface area contributed by atoms with E-state index in [4.69, 9.17) is 42.6 Å². The second-order valence-corrected chi connectivity index (χ2v) is 21.2. The number of esters is 1. The third-order valence-corrected chi connectivity index (χ3v) is 15.7. The number of carbonyl (C=O) groups is 5. The van der Waals surface area contributed by atoms with Gasteiger partial charge in [-0.3, -0.25) is 19.2 Å². The van der Waals surface area contributed by atoms with Crippen LogP contribution in [0.2, 0.25) is 0 Å². The fourth-order valence-corrected chi connectivity index (χ4v) is 11.1. The Morgan fingerprint density at radius 1 is 0.767 bits per heavy atom. The van der Waals surface area contributed by atoms with Crippen molar-refractivity contribution in [3.05, 3.63) is 47.6 Å². The van der Waals surface area contributed by atoms with Crippen molar-refractivity contribution in [3.8, 4) is 0 Å². The molecule has 2 saturated heterocycles. The largest absolute Gasteiger partial charge is 0.460 e. The summed E-state index contributed by atoms with van der Waals surface area (Å²) in [5, 5.41) is 12.2. The van der Waals surface area contributed by atoms with Gasteiger partial charge in [-0.15, -0.1) is 0 Å². The van der Waals surface area contributed by atoms with E-state index in [-0.39, 0.29) is 79.9 Å². The van der Waals surface area contributed by atoms with Gasteiger partial charge in [0.2, 0.25) is 5.79 Å². The van der Waals surface area contributed by atoms with Gasteiger partial charge in [0.25, 0.3) is 11.7 Å². The number of methoxy groups -OCH3 is 5. The number of hydrogen-bond acceptors (Lipinski definition) is 15. The van der Waals surface area contributed by atoms with Crippen LogP contribution in [0, 0.1) is 35.5 Å². The van der Waals surface area contributed by atoms with Crippen molar-refractivity contribution in [1.29, 1.82) is 0 Å². The summed E-state index contributed by atoms with van der Waals surface area (Å²) in [5.41, 5.74) is 1.51. The van der Waals surface area contributed by atoms with Crippen LogP contribution in [-0.4, -0.2) is 162 Å². The molecule has 0 aromatic rings. The van der Waals surface area contributed by atoms with Crippen LogP contribution in [0.3, 0.4) is 0 Å². The highest BCUT2D eigenvalue weighted by molar-refractivity contribution is 6.39. The number of piperidine rings is 1. The minimum atomic E-state index is -2.46. The molecule has 0 aromatic heterocycles. The molecule has 0 radical (unpaired) electrons. The van der Waals surface area contributed by atoms with Gasteiger partial charge in [0.15, 0.2) is 5.78 Å². The highest BCUT2D eigenvalue weighted by Crippen LogP contribution is 2.38. The number of fused-ring (bicyclic) bond motifs is 3. The average Bonchev–Trinajstić information content (AvgIpc) is 3.37. The first kappa shape index (κ1) is 62.1. The van der Waals surface area contributed by atoms with E-state index in [1.807, 2.05) is 65.0 Å². The van der Waals surface area contributed by atoms with Crippen molar-refractivity contribution in [3.63, 3.8) is 0 Å².